The van der Waals surface area contributed by atoms with Crippen LogP contribution in [0.2, 0.25) is 0 Å². The Kier molecular flexibility index (Phi) is 7.27. The van der Waals surface area contributed by atoms with Gasteiger partial charge in [0, 0.05) is 18.8 Å². The van der Waals surface area contributed by atoms with Crippen molar-refractivity contribution in [3.8, 4) is 0 Å². The highest BCUT2D eigenvalue weighted by Gasteiger charge is 2.47. The number of halogens is 3. The van der Waals surface area contributed by atoms with Crippen LogP contribution in [0.15, 0.2) is 47.5 Å². The number of imide groups is 1. The molecule has 1 aromatic carbocycles. The van der Waals surface area contributed by atoms with Crippen molar-refractivity contribution < 1.29 is 36.0 Å². The second kappa shape index (κ2) is 10.1. The molecular formula is C24H25F3N4O5S. The van der Waals surface area contributed by atoms with Gasteiger partial charge in [0.05, 0.1) is 10.6 Å². The van der Waals surface area contributed by atoms with Gasteiger partial charge < -0.3 is 10.2 Å². The number of sulfone groups is 1. The van der Waals surface area contributed by atoms with Crippen LogP contribution >= 0.6 is 0 Å². The van der Waals surface area contributed by atoms with E-state index in [4.69, 9.17) is 0 Å². The highest BCUT2D eigenvalue weighted by atomic mass is 32.2. The molecule has 0 spiro atoms. The number of rotatable bonds is 6. The van der Waals surface area contributed by atoms with Crippen LogP contribution in [0.4, 0.5) is 23.7 Å². The van der Waals surface area contributed by atoms with Crippen LogP contribution in [0.3, 0.4) is 0 Å². The standard InChI is InChI=1S/C24H25F3N4O5S/c1-15-22(33)31(18-7-9-19(10-8-18)37(35,36)24(25,26)27)23(34)30(15)14-16-11-12-28-20(13-16)21(32)29-17-5-3-2-4-6-17/h7-13,15,17H,2-6,14H2,1H3,(H,29,32). The van der Waals surface area contributed by atoms with E-state index in [0.29, 0.717) is 17.7 Å². The van der Waals surface area contributed by atoms with E-state index in [0.717, 1.165) is 49.1 Å². The molecular weight excluding hydrogens is 513 g/mol. The number of urea groups is 1. The van der Waals surface area contributed by atoms with Gasteiger partial charge in [0.25, 0.3) is 21.7 Å². The third-order valence-corrected chi connectivity index (χ3v) is 8.04. The van der Waals surface area contributed by atoms with Crippen molar-refractivity contribution in [3.05, 3.63) is 53.9 Å². The molecule has 1 aromatic heterocycles. The average Bonchev–Trinajstić information content (AvgIpc) is 3.07. The quantitative estimate of drug-likeness (QED) is 0.560. The number of nitrogens with zero attached hydrogens (tertiary/aromatic N) is 3. The first-order valence-electron chi connectivity index (χ1n) is 11.7. The third-order valence-electron chi connectivity index (χ3n) is 6.54. The number of pyridine rings is 1. The normalized spacial score (nSPS) is 19.4. The Balaban J connectivity index is 1.49. The zero-order valence-corrected chi connectivity index (χ0v) is 20.7. The maximum atomic E-state index is 13.1. The van der Waals surface area contributed by atoms with Gasteiger partial charge in [0.2, 0.25) is 0 Å². The summed E-state index contributed by atoms with van der Waals surface area (Å²) in [6, 6.07) is 4.97. The minimum Gasteiger partial charge on any atom is -0.348 e. The second-order valence-corrected chi connectivity index (χ2v) is 11.0. The van der Waals surface area contributed by atoms with Crippen molar-refractivity contribution in [1.82, 2.24) is 15.2 Å². The van der Waals surface area contributed by atoms with Crippen LogP contribution in [0.5, 0.6) is 0 Å². The summed E-state index contributed by atoms with van der Waals surface area (Å²) in [5.74, 6) is -0.943. The maximum absolute atomic E-state index is 13.1. The van der Waals surface area contributed by atoms with Gasteiger partial charge in [0.1, 0.15) is 11.7 Å². The Morgan fingerprint density at radius 2 is 1.73 bits per heavy atom. The summed E-state index contributed by atoms with van der Waals surface area (Å²) in [5, 5.41) is 2.98. The van der Waals surface area contributed by atoms with Crippen molar-refractivity contribution in [2.75, 3.05) is 4.90 Å². The highest BCUT2D eigenvalue weighted by molar-refractivity contribution is 7.92. The van der Waals surface area contributed by atoms with Crippen molar-refractivity contribution >= 4 is 33.4 Å². The Labute approximate surface area is 211 Å². The molecule has 4 amide bonds. The molecule has 1 aliphatic carbocycles. The number of amides is 4. The number of carbonyl (C=O) groups excluding carboxylic acids is 3. The fourth-order valence-electron chi connectivity index (χ4n) is 4.46. The van der Waals surface area contributed by atoms with E-state index in [1.807, 2.05) is 0 Å². The van der Waals surface area contributed by atoms with E-state index in [1.54, 1.807) is 12.1 Å². The van der Waals surface area contributed by atoms with Crippen molar-refractivity contribution in [2.24, 2.45) is 0 Å². The number of hydrogen-bond donors (Lipinski definition) is 1. The first-order chi connectivity index (χ1) is 17.4. The maximum Gasteiger partial charge on any atom is 0.501 e. The summed E-state index contributed by atoms with van der Waals surface area (Å²) in [6.45, 7) is 1.48. The molecule has 2 fully saturated rings. The molecule has 1 saturated carbocycles. The molecule has 1 aliphatic heterocycles. The number of anilines is 1. The first kappa shape index (κ1) is 26.6. The molecule has 1 unspecified atom stereocenters. The Morgan fingerprint density at radius 3 is 2.35 bits per heavy atom. The summed E-state index contributed by atoms with van der Waals surface area (Å²) in [7, 11) is -5.56. The number of alkyl halides is 3. The van der Waals surface area contributed by atoms with Gasteiger partial charge in [-0.15, -0.1) is 0 Å². The summed E-state index contributed by atoms with van der Waals surface area (Å²) in [4.78, 5) is 43.7. The summed E-state index contributed by atoms with van der Waals surface area (Å²) in [6.07, 6.45) is 6.51. The van der Waals surface area contributed by atoms with Crippen LogP contribution in [0.25, 0.3) is 0 Å². The van der Waals surface area contributed by atoms with Gasteiger partial charge in [-0.2, -0.15) is 13.2 Å². The minimum atomic E-state index is -5.56. The SMILES string of the molecule is CC1C(=O)N(c2ccc(S(=O)(=O)C(F)(F)F)cc2)C(=O)N1Cc1ccnc(C(=O)NC2CCCCC2)c1. The predicted molar refractivity (Wildman–Crippen MR) is 126 cm³/mol. The van der Waals surface area contributed by atoms with Gasteiger partial charge in [-0.3, -0.25) is 14.6 Å². The van der Waals surface area contributed by atoms with Crippen LogP contribution < -0.4 is 10.2 Å². The molecule has 1 N–H and O–H groups in total. The lowest BCUT2D eigenvalue weighted by molar-refractivity contribution is -0.119. The molecule has 198 valence electrons. The molecule has 4 rings (SSSR count). The summed E-state index contributed by atoms with van der Waals surface area (Å²) < 4.78 is 61.6. The van der Waals surface area contributed by atoms with Crippen molar-refractivity contribution in [1.29, 1.82) is 0 Å². The van der Waals surface area contributed by atoms with E-state index < -0.39 is 38.2 Å². The Morgan fingerprint density at radius 1 is 1.08 bits per heavy atom. The number of nitrogens with one attached hydrogen (secondary N) is 1. The molecule has 13 heteroatoms. The zero-order valence-electron chi connectivity index (χ0n) is 19.9. The molecule has 0 radical (unpaired) electrons. The molecule has 9 nitrogen and oxygen atoms in total. The van der Waals surface area contributed by atoms with Crippen molar-refractivity contribution in [2.45, 2.75) is 68.1 Å². The van der Waals surface area contributed by atoms with Gasteiger partial charge in [-0.1, -0.05) is 19.3 Å². The first-order valence-corrected chi connectivity index (χ1v) is 13.2. The second-order valence-electron chi connectivity index (χ2n) is 9.06. The summed E-state index contributed by atoms with van der Waals surface area (Å²) in [5.41, 5.74) is -4.79. The molecule has 2 aliphatic rings. The Hall–Kier alpha value is -3.48. The van der Waals surface area contributed by atoms with Gasteiger partial charge in [-0.05, 0) is 61.7 Å². The van der Waals surface area contributed by atoms with Crippen molar-refractivity contribution in [3.63, 3.8) is 0 Å². The topological polar surface area (TPSA) is 117 Å². The van der Waals surface area contributed by atoms with E-state index in [9.17, 15) is 36.0 Å². The molecule has 2 heterocycles. The monoisotopic (exact) mass is 538 g/mol. The lowest BCUT2D eigenvalue weighted by Gasteiger charge is -2.23. The summed E-state index contributed by atoms with van der Waals surface area (Å²) >= 11 is 0. The lowest BCUT2D eigenvalue weighted by atomic mass is 9.95. The third kappa shape index (κ3) is 5.31. The van der Waals surface area contributed by atoms with Crippen LogP contribution in [0, 0.1) is 0 Å². The molecule has 2 aromatic rings. The fourth-order valence-corrected chi connectivity index (χ4v) is 5.22. The zero-order chi connectivity index (χ0) is 27.0. The Bertz CT molecular complexity index is 1310. The van der Waals surface area contributed by atoms with Gasteiger partial charge in [0.15, 0.2) is 0 Å². The molecule has 0 bridgehead atoms. The van der Waals surface area contributed by atoms with E-state index in [1.165, 1.54) is 18.0 Å². The van der Waals surface area contributed by atoms with E-state index >= 15 is 0 Å². The van der Waals surface area contributed by atoms with E-state index in [-0.39, 0.29) is 29.9 Å². The minimum absolute atomic E-state index is 0.0188. The largest absolute Gasteiger partial charge is 0.501 e. The smallest absolute Gasteiger partial charge is 0.348 e. The van der Waals surface area contributed by atoms with Gasteiger partial charge in [-0.25, -0.2) is 18.1 Å². The van der Waals surface area contributed by atoms with Crippen LogP contribution in [-0.4, -0.2) is 53.7 Å². The lowest BCUT2D eigenvalue weighted by Crippen LogP contribution is -2.36. The average molecular weight is 539 g/mol. The molecule has 1 atom stereocenters. The predicted octanol–water partition coefficient (Wildman–Crippen LogP) is 3.79. The highest BCUT2D eigenvalue weighted by Crippen LogP contribution is 2.33. The fraction of sp³-hybridized carbons (Fsp3) is 0.417. The van der Waals surface area contributed by atoms with E-state index in [2.05, 4.69) is 10.3 Å². The van der Waals surface area contributed by atoms with Gasteiger partial charge >= 0.3 is 11.5 Å². The number of carbonyl (C=O) groups is 3. The van der Waals surface area contributed by atoms with Crippen LogP contribution in [0.1, 0.15) is 55.1 Å². The number of aromatic nitrogens is 1. The number of benzene rings is 1. The number of hydrogen-bond acceptors (Lipinski definition) is 6. The molecule has 37 heavy (non-hydrogen) atoms. The van der Waals surface area contributed by atoms with Crippen LogP contribution in [-0.2, 0) is 21.2 Å². The molecule has 1 saturated heterocycles.